The Kier molecular flexibility index (Phi) is 7.64. The lowest BCUT2D eigenvalue weighted by Crippen LogP contribution is -2.43. The van der Waals surface area contributed by atoms with Crippen molar-refractivity contribution in [1.29, 1.82) is 0 Å². The van der Waals surface area contributed by atoms with Gasteiger partial charge in [-0.3, -0.25) is 4.79 Å². The summed E-state index contributed by atoms with van der Waals surface area (Å²) >= 11 is 0. The molecule has 1 rings (SSSR count). The number of ether oxygens (including phenoxy) is 1. The largest absolute Gasteiger partial charge is 0.459 e. The van der Waals surface area contributed by atoms with Crippen LogP contribution in [0.4, 0.5) is 0 Å². The van der Waals surface area contributed by atoms with Gasteiger partial charge in [0, 0.05) is 6.42 Å². The van der Waals surface area contributed by atoms with Gasteiger partial charge in [0.15, 0.2) is 0 Å². The monoisotopic (exact) mass is 305 g/mol. The molecule has 1 aromatic rings. The number of hydrogen-bond donors (Lipinski definition) is 1. The lowest BCUT2D eigenvalue weighted by molar-refractivity contribution is -0.149. The third-order valence-electron chi connectivity index (χ3n) is 3.14. The average molecular weight is 305 g/mol. The summed E-state index contributed by atoms with van der Waals surface area (Å²) in [5, 5.41) is 2.80. The van der Waals surface area contributed by atoms with Crippen molar-refractivity contribution in [3.63, 3.8) is 0 Å². The first-order valence-electron chi connectivity index (χ1n) is 7.88. The van der Waals surface area contributed by atoms with Crippen LogP contribution in [0.2, 0.25) is 0 Å². The Hall–Kier alpha value is -1.84. The third-order valence-corrected chi connectivity index (χ3v) is 3.14. The number of amides is 1. The van der Waals surface area contributed by atoms with E-state index < -0.39 is 6.04 Å². The molecule has 0 saturated carbocycles. The molecular formula is C18H27NO3. The van der Waals surface area contributed by atoms with E-state index in [0.29, 0.717) is 18.8 Å². The number of carbonyl (C=O) groups is 2. The Morgan fingerprint density at radius 2 is 1.68 bits per heavy atom. The summed E-state index contributed by atoms with van der Waals surface area (Å²) in [5.74, 6) is 0.0978. The van der Waals surface area contributed by atoms with Crippen LogP contribution in [0.25, 0.3) is 0 Å². The quantitative estimate of drug-likeness (QED) is 0.750. The zero-order valence-corrected chi connectivity index (χ0v) is 14.0. The number of benzene rings is 1. The molecule has 0 aliphatic carbocycles. The third kappa shape index (κ3) is 7.25. The van der Waals surface area contributed by atoms with Crippen molar-refractivity contribution in [2.75, 3.05) is 0 Å². The molecule has 0 aliphatic heterocycles. The Morgan fingerprint density at radius 1 is 1.05 bits per heavy atom. The zero-order valence-electron chi connectivity index (χ0n) is 14.0. The SMILES string of the molecule is CC(C)CC(=O)N[C@@H](CC(C)C)C(=O)OCc1ccccc1. The van der Waals surface area contributed by atoms with E-state index in [-0.39, 0.29) is 24.4 Å². The van der Waals surface area contributed by atoms with E-state index in [4.69, 9.17) is 4.74 Å². The lowest BCUT2D eigenvalue weighted by Gasteiger charge is -2.20. The second kappa shape index (κ2) is 9.23. The second-order valence-corrected chi connectivity index (χ2v) is 6.44. The van der Waals surface area contributed by atoms with Crippen LogP contribution in [-0.2, 0) is 20.9 Å². The lowest BCUT2D eigenvalue weighted by atomic mass is 10.0. The summed E-state index contributed by atoms with van der Waals surface area (Å²) in [6.07, 6.45) is 0.998. The molecule has 1 amide bonds. The number of rotatable bonds is 8. The molecule has 0 saturated heterocycles. The van der Waals surface area contributed by atoms with Gasteiger partial charge < -0.3 is 10.1 Å². The maximum absolute atomic E-state index is 12.2. The number of hydrogen-bond acceptors (Lipinski definition) is 3. The Bertz CT molecular complexity index is 468. The highest BCUT2D eigenvalue weighted by Gasteiger charge is 2.23. The van der Waals surface area contributed by atoms with E-state index in [1.165, 1.54) is 0 Å². The summed E-state index contributed by atoms with van der Waals surface area (Å²) in [5.41, 5.74) is 0.938. The minimum absolute atomic E-state index is 0.0997. The summed E-state index contributed by atoms with van der Waals surface area (Å²) < 4.78 is 5.34. The van der Waals surface area contributed by atoms with Crippen LogP contribution < -0.4 is 5.32 Å². The van der Waals surface area contributed by atoms with E-state index in [1.807, 2.05) is 58.0 Å². The fourth-order valence-electron chi connectivity index (χ4n) is 2.14. The molecule has 0 radical (unpaired) electrons. The molecule has 4 nitrogen and oxygen atoms in total. The minimum atomic E-state index is -0.574. The first-order valence-corrected chi connectivity index (χ1v) is 7.88. The summed E-state index contributed by atoms with van der Waals surface area (Å²) in [6.45, 7) is 8.22. The molecule has 0 spiro atoms. The Labute approximate surface area is 133 Å². The van der Waals surface area contributed by atoms with E-state index in [2.05, 4.69) is 5.32 Å². The van der Waals surface area contributed by atoms with Crippen LogP contribution in [0, 0.1) is 11.8 Å². The number of carbonyl (C=O) groups excluding carboxylic acids is 2. The topological polar surface area (TPSA) is 55.4 Å². The molecule has 0 unspecified atom stereocenters. The first-order chi connectivity index (χ1) is 10.4. The number of nitrogens with one attached hydrogen (secondary N) is 1. The van der Waals surface area contributed by atoms with Gasteiger partial charge in [-0.25, -0.2) is 4.79 Å². The van der Waals surface area contributed by atoms with Crippen molar-refractivity contribution in [3.8, 4) is 0 Å². The zero-order chi connectivity index (χ0) is 16.5. The predicted molar refractivity (Wildman–Crippen MR) is 87.1 cm³/mol. The van der Waals surface area contributed by atoms with Crippen molar-refractivity contribution < 1.29 is 14.3 Å². The smallest absolute Gasteiger partial charge is 0.328 e. The molecule has 4 heteroatoms. The molecule has 0 fully saturated rings. The number of esters is 1. The molecule has 1 atom stereocenters. The van der Waals surface area contributed by atoms with E-state index >= 15 is 0 Å². The van der Waals surface area contributed by atoms with Crippen LogP contribution in [-0.4, -0.2) is 17.9 Å². The Balaban J connectivity index is 2.58. The van der Waals surface area contributed by atoms with Crippen molar-refractivity contribution >= 4 is 11.9 Å². The summed E-state index contributed by atoms with van der Waals surface area (Å²) in [7, 11) is 0. The van der Waals surface area contributed by atoms with Crippen LogP contribution in [0.3, 0.4) is 0 Å². The first kappa shape index (κ1) is 18.2. The second-order valence-electron chi connectivity index (χ2n) is 6.44. The van der Waals surface area contributed by atoms with Crippen molar-refractivity contribution in [3.05, 3.63) is 35.9 Å². The standard InChI is InChI=1S/C18H27NO3/c1-13(2)10-16(19-17(20)11-14(3)4)18(21)22-12-15-8-6-5-7-9-15/h5-9,13-14,16H,10-12H2,1-4H3,(H,19,20)/t16-/m0/s1. The van der Waals surface area contributed by atoms with Gasteiger partial charge in [0.2, 0.25) is 5.91 Å². The van der Waals surface area contributed by atoms with Gasteiger partial charge in [-0.05, 0) is 23.8 Å². The van der Waals surface area contributed by atoms with E-state index in [1.54, 1.807) is 0 Å². The van der Waals surface area contributed by atoms with Gasteiger partial charge in [0.1, 0.15) is 12.6 Å². The van der Waals surface area contributed by atoms with Crippen molar-refractivity contribution in [2.24, 2.45) is 11.8 Å². The van der Waals surface area contributed by atoms with Gasteiger partial charge >= 0.3 is 5.97 Å². The fraction of sp³-hybridized carbons (Fsp3) is 0.556. The molecular weight excluding hydrogens is 278 g/mol. The maximum atomic E-state index is 12.2. The van der Waals surface area contributed by atoms with Gasteiger partial charge in [0.05, 0.1) is 0 Å². The highest BCUT2D eigenvalue weighted by Crippen LogP contribution is 2.10. The molecule has 0 bridgehead atoms. The highest BCUT2D eigenvalue weighted by molar-refractivity contribution is 5.84. The molecule has 1 N–H and O–H groups in total. The van der Waals surface area contributed by atoms with Gasteiger partial charge in [-0.1, -0.05) is 58.0 Å². The van der Waals surface area contributed by atoms with Crippen LogP contribution in [0.15, 0.2) is 30.3 Å². The summed E-state index contributed by atoms with van der Waals surface area (Å²) in [6, 6.07) is 8.96. The predicted octanol–water partition coefficient (Wildman–Crippen LogP) is 3.31. The van der Waals surface area contributed by atoms with Gasteiger partial charge in [-0.15, -0.1) is 0 Å². The van der Waals surface area contributed by atoms with E-state index in [0.717, 1.165) is 5.56 Å². The maximum Gasteiger partial charge on any atom is 0.328 e. The van der Waals surface area contributed by atoms with Crippen molar-refractivity contribution in [1.82, 2.24) is 5.32 Å². The molecule has 0 aliphatic rings. The van der Waals surface area contributed by atoms with Gasteiger partial charge in [-0.2, -0.15) is 0 Å². The molecule has 1 aromatic carbocycles. The van der Waals surface area contributed by atoms with Gasteiger partial charge in [0.25, 0.3) is 0 Å². The average Bonchev–Trinajstić information content (AvgIpc) is 2.43. The molecule has 0 aromatic heterocycles. The van der Waals surface area contributed by atoms with Crippen molar-refractivity contribution in [2.45, 2.75) is 53.2 Å². The normalized spacial score (nSPS) is 12.3. The highest BCUT2D eigenvalue weighted by atomic mass is 16.5. The molecule has 122 valence electrons. The van der Waals surface area contributed by atoms with Crippen LogP contribution >= 0.6 is 0 Å². The van der Waals surface area contributed by atoms with Crippen LogP contribution in [0.1, 0.15) is 46.1 Å². The van der Waals surface area contributed by atoms with E-state index in [9.17, 15) is 9.59 Å². The minimum Gasteiger partial charge on any atom is -0.459 e. The summed E-state index contributed by atoms with van der Waals surface area (Å²) in [4.78, 5) is 24.1. The molecule has 22 heavy (non-hydrogen) atoms. The molecule has 0 heterocycles. The fourth-order valence-corrected chi connectivity index (χ4v) is 2.14. The Morgan fingerprint density at radius 3 is 2.23 bits per heavy atom. The van der Waals surface area contributed by atoms with Crippen LogP contribution in [0.5, 0.6) is 0 Å².